The number of hydrogen-bond acceptors (Lipinski definition) is 5. The summed E-state index contributed by atoms with van der Waals surface area (Å²) >= 11 is 6.90. The maximum absolute atomic E-state index is 12.0. The van der Waals surface area contributed by atoms with Crippen molar-refractivity contribution in [2.45, 2.75) is 6.54 Å². The van der Waals surface area contributed by atoms with Gasteiger partial charge < -0.3 is 15.0 Å². The summed E-state index contributed by atoms with van der Waals surface area (Å²) in [6.07, 6.45) is 0. The smallest absolute Gasteiger partial charge is 0.316 e. The first-order valence-corrected chi connectivity index (χ1v) is 10.0. The quantitative estimate of drug-likeness (QED) is 0.630. The molecule has 0 bridgehead atoms. The van der Waals surface area contributed by atoms with Gasteiger partial charge in [0.1, 0.15) is 0 Å². The van der Waals surface area contributed by atoms with E-state index in [1.807, 2.05) is 30.3 Å². The summed E-state index contributed by atoms with van der Waals surface area (Å²) in [6, 6.07) is 16.3. The van der Waals surface area contributed by atoms with Crippen LogP contribution < -0.4 is 5.32 Å². The minimum absolute atomic E-state index is 0.0102. The van der Waals surface area contributed by atoms with Crippen molar-refractivity contribution in [3.8, 4) is 0 Å². The van der Waals surface area contributed by atoms with Gasteiger partial charge in [-0.25, -0.2) is 0 Å². The summed E-state index contributed by atoms with van der Waals surface area (Å²) in [4.78, 5) is 37.1. The number of hydrogen-bond donors (Lipinski definition) is 1. The fourth-order valence-corrected chi connectivity index (χ4v) is 2.93. The molecule has 1 N–H and O–H groups in total. The van der Waals surface area contributed by atoms with E-state index in [0.717, 1.165) is 17.3 Å². The third-order valence-electron chi connectivity index (χ3n) is 3.63. The SMILES string of the molecule is CN(Cc1ccccc1)C(=O)COC(=O)CSCC(=O)Nc1ccc(Cl)cc1. The van der Waals surface area contributed by atoms with E-state index in [1.165, 1.54) is 4.90 Å². The van der Waals surface area contributed by atoms with Crippen molar-refractivity contribution in [1.82, 2.24) is 4.90 Å². The van der Waals surface area contributed by atoms with Crippen molar-refractivity contribution in [2.75, 3.05) is 30.5 Å². The molecular weight excluding hydrogens is 400 g/mol. The van der Waals surface area contributed by atoms with Gasteiger partial charge in [0.15, 0.2) is 6.61 Å². The third kappa shape index (κ3) is 8.02. The number of halogens is 1. The van der Waals surface area contributed by atoms with E-state index < -0.39 is 5.97 Å². The fraction of sp³-hybridized carbons (Fsp3) is 0.250. The average molecular weight is 421 g/mol. The van der Waals surface area contributed by atoms with E-state index in [-0.39, 0.29) is 29.9 Å². The lowest BCUT2D eigenvalue weighted by molar-refractivity contribution is -0.149. The molecule has 2 amide bonds. The maximum Gasteiger partial charge on any atom is 0.316 e. The van der Waals surface area contributed by atoms with Crippen LogP contribution in [0.5, 0.6) is 0 Å². The number of rotatable bonds is 9. The van der Waals surface area contributed by atoms with Crippen LogP contribution in [-0.2, 0) is 25.7 Å². The maximum atomic E-state index is 12.0. The van der Waals surface area contributed by atoms with E-state index in [0.29, 0.717) is 17.3 Å². The van der Waals surface area contributed by atoms with E-state index in [9.17, 15) is 14.4 Å². The second-order valence-corrected chi connectivity index (χ2v) is 7.37. The zero-order valence-electron chi connectivity index (χ0n) is 15.4. The summed E-state index contributed by atoms with van der Waals surface area (Å²) in [7, 11) is 1.65. The van der Waals surface area contributed by atoms with Crippen LogP contribution >= 0.6 is 23.4 Å². The lowest BCUT2D eigenvalue weighted by Crippen LogP contribution is -2.31. The average Bonchev–Trinajstić information content (AvgIpc) is 2.68. The number of carbonyl (C=O) groups is 3. The van der Waals surface area contributed by atoms with E-state index in [2.05, 4.69) is 5.32 Å². The van der Waals surface area contributed by atoms with Crippen LogP contribution in [0.15, 0.2) is 54.6 Å². The largest absolute Gasteiger partial charge is 0.455 e. The topological polar surface area (TPSA) is 75.7 Å². The van der Waals surface area contributed by atoms with Crippen LogP contribution in [0, 0.1) is 0 Å². The Morgan fingerprint density at radius 3 is 2.39 bits per heavy atom. The van der Waals surface area contributed by atoms with Crippen LogP contribution in [0.3, 0.4) is 0 Å². The molecule has 2 aromatic rings. The normalized spacial score (nSPS) is 10.2. The molecule has 148 valence electrons. The molecule has 0 heterocycles. The van der Waals surface area contributed by atoms with E-state index in [4.69, 9.17) is 16.3 Å². The molecular formula is C20H21ClN2O4S. The molecule has 0 aliphatic rings. The Bertz CT molecular complexity index is 800. The van der Waals surface area contributed by atoms with Crippen molar-refractivity contribution in [2.24, 2.45) is 0 Å². The summed E-state index contributed by atoms with van der Waals surface area (Å²) < 4.78 is 4.98. The van der Waals surface area contributed by atoms with Gasteiger partial charge in [-0.2, -0.15) is 0 Å². The minimum Gasteiger partial charge on any atom is -0.455 e. The van der Waals surface area contributed by atoms with Gasteiger partial charge in [0.05, 0.1) is 11.5 Å². The summed E-state index contributed by atoms with van der Waals surface area (Å²) in [6.45, 7) is 0.122. The van der Waals surface area contributed by atoms with Crippen LogP contribution in [0.25, 0.3) is 0 Å². The second-order valence-electron chi connectivity index (χ2n) is 5.94. The predicted molar refractivity (Wildman–Crippen MR) is 111 cm³/mol. The van der Waals surface area contributed by atoms with Gasteiger partial charge in [0.25, 0.3) is 5.91 Å². The van der Waals surface area contributed by atoms with Crippen molar-refractivity contribution in [3.05, 3.63) is 65.2 Å². The van der Waals surface area contributed by atoms with Gasteiger partial charge in [0, 0.05) is 24.3 Å². The highest BCUT2D eigenvalue weighted by atomic mass is 35.5. The Morgan fingerprint density at radius 2 is 1.71 bits per heavy atom. The second kappa shape index (κ2) is 11.4. The molecule has 0 aromatic heterocycles. The molecule has 2 aromatic carbocycles. The minimum atomic E-state index is -0.536. The highest BCUT2D eigenvalue weighted by Gasteiger charge is 2.13. The van der Waals surface area contributed by atoms with Gasteiger partial charge in [-0.3, -0.25) is 14.4 Å². The van der Waals surface area contributed by atoms with Crippen molar-refractivity contribution < 1.29 is 19.1 Å². The first kappa shape index (κ1) is 21.8. The molecule has 28 heavy (non-hydrogen) atoms. The highest BCUT2D eigenvalue weighted by molar-refractivity contribution is 8.00. The third-order valence-corrected chi connectivity index (χ3v) is 4.78. The number of thioether (sulfide) groups is 1. The molecule has 0 spiro atoms. The zero-order chi connectivity index (χ0) is 20.4. The predicted octanol–water partition coefficient (Wildman–Crippen LogP) is 3.21. The van der Waals surface area contributed by atoms with Crippen LogP contribution in [0.4, 0.5) is 5.69 Å². The standard InChI is InChI=1S/C20H21ClN2O4S/c1-23(11-15-5-3-2-4-6-15)19(25)12-27-20(26)14-28-13-18(24)22-17-9-7-16(21)8-10-17/h2-10H,11-14H2,1H3,(H,22,24). The summed E-state index contributed by atoms with van der Waals surface area (Å²) in [5.41, 5.74) is 1.62. The van der Waals surface area contributed by atoms with Gasteiger partial charge in [-0.1, -0.05) is 41.9 Å². The number of benzene rings is 2. The molecule has 6 nitrogen and oxygen atoms in total. The van der Waals surface area contributed by atoms with Gasteiger partial charge in [-0.05, 0) is 29.8 Å². The van der Waals surface area contributed by atoms with Gasteiger partial charge in [0.2, 0.25) is 5.91 Å². The first-order chi connectivity index (χ1) is 13.4. The molecule has 0 saturated carbocycles. The summed E-state index contributed by atoms with van der Waals surface area (Å²) in [5.74, 6) is -0.976. The van der Waals surface area contributed by atoms with Crippen LogP contribution in [0.2, 0.25) is 5.02 Å². The Balaban J connectivity index is 1.62. The van der Waals surface area contributed by atoms with Crippen molar-refractivity contribution in [3.63, 3.8) is 0 Å². The zero-order valence-corrected chi connectivity index (χ0v) is 17.0. The molecule has 0 fully saturated rings. The van der Waals surface area contributed by atoms with Gasteiger partial charge >= 0.3 is 5.97 Å². The Hall–Kier alpha value is -2.51. The number of anilines is 1. The molecule has 0 saturated heterocycles. The Morgan fingerprint density at radius 1 is 1.04 bits per heavy atom. The molecule has 0 radical (unpaired) electrons. The molecule has 0 aliphatic carbocycles. The lowest BCUT2D eigenvalue weighted by Gasteiger charge is -2.17. The first-order valence-electron chi connectivity index (χ1n) is 8.50. The number of esters is 1. The Labute approximate surface area is 173 Å². The molecule has 0 aliphatic heterocycles. The fourth-order valence-electron chi connectivity index (χ4n) is 2.20. The van der Waals surface area contributed by atoms with E-state index >= 15 is 0 Å². The van der Waals surface area contributed by atoms with E-state index in [1.54, 1.807) is 31.3 Å². The number of amides is 2. The highest BCUT2D eigenvalue weighted by Crippen LogP contribution is 2.14. The van der Waals surface area contributed by atoms with Crippen molar-refractivity contribution >= 4 is 46.8 Å². The number of carbonyl (C=O) groups excluding carboxylic acids is 3. The van der Waals surface area contributed by atoms with Gasteiger partial charge in [-0.15, -0.1) is 11.8 Å². The van der Waals surface area contributed by atoms with Crippen LogP contribution in [0.1, 0.15) is 5.56 Å². The number of ether oxygens (including phenoxy) is 1. The molecule has 0 unspecified atom stereocenters. The molecule has 0 atom stereocenters. The monoisotopic (exact) mass is 420 g/mol. The lowest BCUT2D eigenvalue weighted by atomic mass is 10.2. The number of nitrogens with one attached hydrogen (secondary N) is 1. The Kier molecular flexibility index (Phi) is 8.84. The van der Waals surface area contributed by atoms with Crippen molar-refractivity contribution in [1.29, 1.82) is 0 Å². The summed E-state index contributed by atoms with van der Waals surface area (Å²) in [5, 5.41) is 3.28. The number of nitrogens with zero attached hydrogens (tertiary/aromatic N) is 1. The number of likely N-dealkylation sites (N-methyl/N-ethyl adjacent to an activating group) is 1. The van der Waals surface area contributed by atoms with Crippen LogP contribution in [-0.4, -0.2) is 47.8 Å². The molecule has 8 heteroatoms. The molecule has 2 rings (SSSR count).